The van der Waals surface area contributed by atoms with Crippen LogP contribution < -0.4 is 0 Å². The molecule has 35 heavy (non-hydrogen) atoms. The maximum absolute atomic E-state index is 14.5. The van der Waals surface area contributed by atoms with Gasteiger partial charge >= 0.3 is 6.18 Å². The molecule has 0 fully saturated rings. The Morgan fingerprint density at radius 3 is 2.54 bits per heavy atom. The Hall–Kier alpha value is -3.98. The molecule has 0 aliphatic rings. The zero-order chi connectivity index (χ0) is 24.7. The molecule has 3 aromatic heterocycles. The Labute approximate surface area is 202 Å². The molecule has 6 nitrogen and oxygen atoms in total. The fourth-order valence-corrected chi connectivity index (χ4v) is 4.08. The number of halogens is 4. The Bertz CT molecular complexity index is 1540. The summed E-state index contributed by atoms with van der Waals surface area (Å²) in [4.78, 5) is 21.6. The first-order chi connectivity index (χ1) is 16.7. The topological polar surface area (TPSA) is 73.8 Å². The van der Waals surface area contributed by atoms with E-state index < -0.39 is 29.1 Å². The SMILES string of the molecule is Cc1ccc2c(c1)c(C(=O)c1nc(-c3ccccn3)no1)c(C(F)(F)F)n2Cc1ccc(Cl)cc1. The molecule has 0 aliphatic heterocycles. The molecular weight excluding hydrogens is 481 g/mol. The standard InChI is InChI=1S/C25H16ClF3N4O2/c1-14-5-10-19-17(12-14)20(21(34)24-31-23(32-35-24)18-4-2-3-11-30-18)22(25(27,28)29)33(19)13-15-6-8-16(26)9-7-15/h2-12H,13H2,1H3. The molecule has 0 radical (unpaired) electrons. The van der Waals surface area contributed by atoms with Crippen LogP contribution in [0, 0.1) is 6.92 Å². The van der Waals surface area contributed by atoms with Crippen molar-refractivity contribution < 1.29 is 22.5 Å². The predicted molar refractivity (Wildman–Crippen MR) is 123 cm³/mol. The zero-order valence-corrected chi connectivity index (χ0v) is 18.9. The van der Waals surface area contributed by atoms with Crippen molar-refractivity contribution in [2.75, 3.05) is 0 Å². The summed E-state index contributed by atoms with van der Waals surface area (Å²) >= 11 is 5.93. The highest BCUT2D eigenvalue weighted by atomic mass is 35.5. The average molecular weight is 497 g/mol. The summed E-state index contributed by atoms with van der Waals surface area (Å²) in [5.41, 5.74) is 0.241. The lowest BCUT2D eigenvalue weighted by atomic mass is 10.0. The molecule has 0 amide bonds. The fraction of sp³-hybridized carbons (Fsp3) is 0.120. The Balaban J connectivity index is 1.70. The van der Waals surface area contributed by atoms with Gasteiger partial charge in [0.15, 0.2) is 0 Å². The van der Waals surface area contributed by atoms with E-state index in [9.17, 15) is 18.0 Å². The molecule has 2 aromatic carbocycles. The summed E-state index contributed by atoms with van der Waals surface area (Å²) in [6, 6.07) is 16.3. The molecule has 10 heteroatoms. The first-order valence-electron chi connectivity index (χ1n) is 10.5. The highest BCUT2D eigenvalue weighted by Crippen LogP contribution is 2.40. The van der Waals surface area contributed by atoms with Crippen LogP contribution in [0.1, 0.15) is 33.1 Å². The summed E-state index contributed by atoms with van der Waals surface area (Å²) in [6.45, 7) is 1.62. The van der Waals surface area contributed by atoms with Gasteiger partial charge in [0.25, 0.3) is 11.7 Å². The number of ketones is 1. The lowest BCUT2D eigenvalue weighted by Crippen LogP contribution is -2.19. The van der Waals surface area contributed by atoms with Crippen LogP contribution in [0.15, 0.2) is 71.4 Å². The Kier molecular flexibility index (Phi) is 5.64. The molecule has 0 atom stereocenters. The predicted octanol–water partition coefficient (Wildman–Crippen LogP) is 6.35. The van der Waals surface area contributed by atoms with Crippen LogP contribution in [0.2, 0.25) is 5.02 Å². The van der Waals surface area contributed by atoms with Crippen molar-refractivity contribution in [3.8, 4) is 11.5 Å². The first-order valence-corrected chi connectivity index (χ1v) is 10.8. The number of hydrogen-bond acceptors (Lipinski definition) is 5. The number of aryl methyl sites for hydroxylation is 1. The number of rotatable bonds is 5. The van der Waals surface area contributed by atoms with Crippen LogP contribution in [0.4, 0.5) is 13.2 Å². The van der Waals surface area contributed by atoms with Crippen molar-refractivity contribution >= 4 is 28.3 Å². The number of benzene rings is 2. The third-order valence-corrected chi connectivity index (χ3v) is 5.73. The maximum atomic E-state index is 14.5. The lowest BCUT2D eigenvalue weighted by molar-refractivity contribution is -0.143. The number of aromatic nitrogens is 4. The normalized spacial score (nSPS) is 11.8. The maximum Gasteiger partial charge on any atom is 0.432 e. The molecule has 0 saturated carbocycles. The summed E-state index contributed by atoms with van der Waals surface area (Å²) in [5.74, 6) is -1.57. The van der Waals surface area contributed by atoms with Crippen LogP contribution in [0.3, 0.4) is 0 Å². The number of pyridine rings is 1. The molecule has 5 aromatic rings. The minimum absolute atomic E-state index is 0.00333. The van der Waals surface area contributed by atoms with Gasteiger partial charge in [0, 0.05) is 28.7 Å². The molecular formula is C25H16ClF3N4O2. The van der Waals surface area contributed by atoms with E-state index in [0.29, 0.717) is 21.8 Å². The number of carbonyl (C=O) groups is 1. The summed E-state index contributed by atoms with van der Waals surface area (Å²) < 4.78 is 49.6. The zero-order valence-electron chi connectivity index (χ0n) is 18.2. The van der Waals surface area contributed by atoms with Crippen LogP contribution in [0.5, 0.6) is 0 Å². The smallest absolute Gasteiger partial charge is 0.332 e. The van der Waals surface area contributed by atoms with Crippen molar-refractivity contribution in [3.63, 3.8) is 0 Å². The van der Waals surface area contributed by atoms with Gasteiger partial charge in [-0.1, -0.05) is 46.6 Å². The van der Waals surface area contributed by atoms with Gasteiger partial charge in [0.05, 0.1) is 5.56 Å². The number of nitrogens with zero attached hydrogens (tertiary/aromatic N) is 4. The molecule has 0 saturated heterocycles. The molecule has 0 N–H and O–H groups in total. The third-order valence-electron chi connectivity index (χ3n) is 5.48. The minimum atomic E-state index is -4.84. The van der Waals surface area contributed by atoms with Gasteiger partial charge in [-0.2, -0.15) is 18.2 Å². The molecule has 5 rings (SSSR count). The van der Waals surface area contributed by atoms with Gasteiger partial charge in [0.1, 0.15) is 11.4 Å². The van der Waals surface area contributed by atoms with E-state index in [-0.39, 0.29) is 23.3 Å². The number of fused-ring (bicyclic) bond motifs is 1. The summed E-state index contributed by atoms with van der Waals surface area (Å²) in [5, 5.41) is 4.35. The van der Waals surface area contributed by atoms with Crippen LogP contribution in [-0.4, -0.2) is 25.5 Å². The van der Waals surface area contributed by atoms with Crippen LogP contribution >= 0.6 is 11.6 Å². The van der Waals surface area contributed by atoms with Gasteiger partial charge in [0.2, 0.25) is 5.82 Å². The third kappa shape index (κ3) is 4.30. The van der Waals surface area contributed by atoms with E-state index in [1.54, 1.807) is 67.6 Å². The van der Waals surface area contributed by atoms with Gasteiger partial charge in [-0.15, -0.1) is 0 Å². The van der Waals surface area contributed by atoms with Crippen molar-refractivity contribution in [3.05, 3.63) is 100 Å². The second-order valence-electron chi connectivity index (χ2n) is 7.92. The van der Waals surface area contributed by atoms with E-state index in [1.165, 1.54) is 6.20 Å². The second-order valence-corrected chi connectivity index (χ2v) is 8.36. The number of hydrogen-bond donors (Lipinski definition) is 0. The van der Waals surface area contributed by atoms with Gasteiger partial charge < -0.3 is 9.09 Å². The quantitative estimate of drug-likeness (QED) is 0.265. The highest BCUT2D eigenvalue weighted by Gasteiger charge is 2.42. The van der Waals surface area contributed by atoms with Crippen LogP contribution in [-0.2, 0) is 12.7 Å². The molecule has 0 unspecified atom stereocenters. The monoisotopic (exact) mass is 496 g/mol. The molecule has 0 aliphatic carbocycles. The van der Waals surface area contributed by atoms with E-state index >= 15 is 0 Å². The average Bonchev–Trinajstić information content (AvgIpc) is 3.44. The number of carbonyl (C=O) groups excluding carboxylic acids is 1. The van der Waals surface area contributed by atoms with E-state index in [4.69, 9.17) is 16.1 Å². The van der Waals surface area contributed by atoms with Gasteiger partial charge in [-0.25, -0.2) is 0 Å². The van der Waals surface area contributed by atoms with Crippen molar-refractivity contribution in [1.82, 2.24) is 19.7 Å². The lowest BCUT2D eigenvalue weighted by Gasteiger charge is -2.14. The van der Waals surface area contributed by atoms with Crippen molar-refractivity contribution in [2.24, 2.45) is 0 Å². The van der Waals surface area contributed by atoms with E-state index in [1.807, 2.05) is 0 Å². The van der Waals surface area contributed by atoms with Gasteiger partial charge in [-0.05, 0) is 48.9 Å². The fourth-order valence-electron chi connectivity index (χ4n) is 3.95. The van der Waals surface area contributed by atoms with E-state index in [0.717, 1.165) is 4.57 Å². The van der Waals surface area contributed by atoms with Crippen molar-refractivity contribution in [2.45, 2.75) is 19.6 Å². The molecule has 3 heterocycles. The highest BCUT2D eigenvalue weighted by molar-refractivity contribution is 6.30. The Morgan fingerprint density at radius 1 is 1.09 bits per heavy atom. The Morgan fingerprint density at radius 2 is 1.86 bits per heavy atom. The summed E-state index contributed by atoms with van der Waals surface area (Å²) in [6.07, 6.45) is -3.34. The first kappa shape index (κ1) is 22.8. The van der Waals surface area contributed by atoms with Crippen molar-refractivity contribution in [1.29, 1.82) is 0 Å². The van der Waals surface area contributed by atoms with E-state index in [2.05, 4.69) is 15.1 Å². The minimum Gasteiger partial charge on any atom is -0.332 e. The molecule has 0 bridgehead atoms. The second kappa shape index (κ2) is 8.66. The molecule has 0 spiro atoms. The summed E-state index contributed by atoms with van der Waals surface area (Å²) in [7, 11) is 0. The number of alkyl halides is 3. The van der Waals surface area contributed by atoms with Crippen LogP contribution in [0.25, 0.3) is 22.4 Å². The largest absolute Gasteiger partial charge is 0.432 e. The van der Waals surface area contributed by atoms with Gasteiger partial charge in [-0.3, -0.25) is 9.78 Å². The molecule has 176 valence electrons.